The maximum Gasteiger partial charge on any atom is 0.227 e. The van der Waals surface area contributed by atoms with Crippen molar-refractivity contribution in [3.05, 3.63) is 41.6 Å². The van der Waals surface area contributed by atoms with Crippen molar-refractivity contribution in [1.82, 2.24) is 9.97 Å². The third-order valence-electron chi connectivity index (χ3n) is 4.02. The second-order valence-corrected chi connectivity index (χ2v) is 5.73. The van der Waals surface area contributed by atoms with Gasteiger partial charge >= 0.3 is 0 Å². The number of hydrogen-bond acceptors (Lipinski definition) is 6. The highest BCUT2D eigenvalue weighted by Gasteiger charge is 2.23. The van der Waals surface area contributed by atoms with Crippen LogP contribution in [0.1, 0.15) is 11.1 Å². The van der Waals surface area contributed by atoms with E-state index in [2.05, 4.69) is 20.9 Å². The molecule has 0 saturated carbocycles. The standard InChI is InChI=1S/C17H22N4O2/c1-12-10-19-17(20-16(12)18)21-6-7-23-15(11-21)9-13-4-3-5-14(8-13)22-2/h3-5,8,10,15H,6-7,9,11H2,1-2H3,(H2,18,19,20)/t15-/m0/s1. The Kier molecular flexibility index (Phi) is 4.62. The Morgan fingerprint density at radius 1 is 1.43 bits per heavy atom. The predicted octanol–water partition coefficient (Wildman–Crippen LogP) is 1.82. The summed E-state index contributed by atoms with van der Waals surface area (Å²) < 4.78 is 11.2. The molecule has 1 aliphatic heterocycles. The highest BCUT2D eigenvalue weighted by atomic mass is 16.5. The van der Waals surface area contributed by atoms with E-state index in [-0.39, 0.29) is 6.10 Å². The van der Waals surface area contributed by atoms with Crippen LogP contribution in [0.15, 0.2) is 30.5 Å². The molecule has 1 aromatic carbocycles. The van der Waals surface area contributed by atoms with E-state index < -0.39 is 0 Å². The second-order valence-electron chi connectivity index (χ2n) is 5.73. The number of hydrogen-bond donors (Lipinski definition) is 1. The highest BCUT2D eigenvalue weighted by molar-refractivity contribution is 5.43. The summed E-state index contributed by atoms with van der Waals surface area (Å²) in [6.07, 6.45) is 2.70. The third-order valence-corrected chi connectivity index (χ3v) is 4.02. The molecule has 6 nitrogen and oxygen atoms in total. The smallest absolute Gasteiger partial charge is 0.227 e. The van der Waals surface area contributed by atoms with Crippen LogP contribution in [0.25, 0.3) is 0 Å². The summed E-state index contributed by atoms with van der Waals surface area (Å²) in [5, 5.41) is 0. The normalized spacial score (nSPS) is 18.0. The van der Waals surface area contributed by atoms with Gasteiger partial charge < -0.3 is 20.1 Å². The third kappa shape index (κ3) is 3.71. The first-order valence-electron chi connectivity index (χ1n) is 7.74. The van der Waals surface area contributed by atoms with Crippen LogP contribution in [0, 0.1) is 6.92 Å². The van der Waals surface area contributed by atoms with Crippen molar-refractivity contribution in [2.75, 3.05) is 37.4 Å². The van der Waals surface area contributed by atoms with Gasteiger partial charge in [-0.25, -0.2) is 4.98 Å². The molecule has 3 rings (SSSR count). The summed E-state index contributed by atoms with van der Waals surface area (Å²) in [5.41, 5.74) is 7.99. The Hall–Kier alpha value is -2.34. The van der Waals surface area contributed by atoms with E-state index in [9.17, 15) is 0 Å². The second kappa shape index (κ2) is 6.83. The monoisotopic (exact) mass is 314 g/mol. The summed E-state index contributed by atoms with van der Waals surface area (Å²) in [4.78, 5) is 10.9. The minimum absolute atomic E-state index is 0.0991. The molecule has 1 aromatic heterocycles. The minimum Gasteiger partial charge on any atom is -0.497 e. The zero-order chi connectivity index (χ0) is 16.2. The van der Waals surface area contributed by atoms with E-state index in [4.69, 9.17) is 15.2 Å². The lowest BCUT2D eigenvalue weighted by molar-refractivity contribution is 0.0405. The minimum atomic E-state index is 0.0991. The van der Waals surface area contributed by atoms with Crippen molar-refractivity contribution in [2.45, 2.75) is 19.4 Å². The SMILES string of the molecule is COc1cccc(C[C@H]2CN(c3ncc(C)c(N)n3)CCO2)c1. The van der Waals surface area contributed by atoms with E-state index in [0.29, 0.717) is 18.4 Å². The zero-order valence-corrected chi connectivity index (χ0v) is 13.5. The number of morpholine rings is 1. The lowest BCUT2D eigenvalue weighted by Crippen LogP contribution is -2.44. The molecule has 6 heteroatoms. The van der Waals surface area contributed by atoms with Crippen molar-refractivity contribution in [2.24, 2.45) is 0 Å². The topological polar surface area (TPSA) is 73.5 Å². The molecule has 2 N–H and O–H groups in total. The first kappa shape index (κ1) is 15.6. The van der Waals surface area contributed by atoms with Crippen LogP contribution in [-0.4, -0.2) is 42.9 Å². The number of anilines is 2. The molecule has 0 unspecified atom stereocenters. The molecule has 122 valence electrons. The van der Waals surface area contributed by atoms with E-state index in [1.54, 1.807) is 13.3 Å². The van der Waals surface area contributed by atoms with E-state index in [0.717, 1.165) is 30.8 Å². The van der Waals surface area contributed by atoms with Crippen LogP contribution in [-0.2, 0) is 11.2 Å². The fourth-order valence-corrected chi connectivity index (χ4v) is 2.68. The molecule has 0 amide bonds. The molecule has 2 aromatic rings. The number of methoxy groups -OCH3 is 1. The van der Waals surface area contributed by atoms with Gasteiger partial charge in [-0.1, -0.05) is 12.1 Å². The number of nitrogen functional groups attached to an aromatic ring is 1. The predicted molar refractivity (Wildman–Crippen MR) is 89.8 cm³/mol. The molecule has 0 radical (unpaired) electrons. The Labute approximate surface area is 136 Å². The van der Waals surface area contributed by atoms with Crippen LogP contribution in [0.2, 0.25) is 0 Å². The average molecular weight is 314 g/mol. The number of ether oxygens (including phenoxy) is 2. The molecule has 23 heavy (non-hydrogen) atoms. The lowest BCUT2D eigenvalue weighted by atomic mass is 10.1. The van der Waals surface area contributed by atoms with E-state index in [1.807, 2.05) is 25.1 Å². The van der Waals surface area contributed by atoms with Crippen molar-refractivity contribution in [3.8, 4) is 5.75 Å². The van der Waals surface area contributed by atoms with Gasteiger partial charge in [0.05, 0.1) is 19.8 Å². The summed E-state index contributed by atoms with van der Waals surface area (Å²) in [5.74, 6) is 2.07. The fourth-order valence-electron chi connectivity index (χ4n) is 2.68. The Morgan fingerprint density at radius 3 is 3.09 bits per heavy atom. The highest BCUT2D eigenvalue weighted by Crippen LogP contribution is 2.20. The molecule has 0 spiro atoms. The molecule has 1 saturated heterocycles. The van der Waals surface area contributed by atoms with Crippen LogP contribution in [0.3, 0.4) is 0 Å². The fraction of sp³-hybridized carbons (Fsp3) is 0.412. The van der Waals surface area contributed by atoms with Gasteiger partial charge in [0.15, 0.2) is 0 Å². The number of aryl methyl sites for hydroxylation is 1. The molecule has 2 heterocycles. The molecule has 1 fully saturated rings. The van der Waals surface area contributed by atoms with Crippen molar-refractivity contribution < 1.29 is 9.47 Å². The van der Waals surface area contributed by atoms with Gasteiger partial charge in [-0.15, -0.1) is 0 Å². The van der Waals surface area contributed by atoms with Crippen LogP contribution in [0.4, 0.5) is 11.8 Å². The summed E-state index contributed by atoms with van der Waals surface area (Å²) in [7, 11) is 1.68. The van der Waals surface area contributed by atoms with Crippen molar-refractivity contribution in [3.63, 3.8) is 0 Å². The number of nitrogens with two attached hydrogens (primary N) is 1. The van der Waals surface area contributed by atoms with Gasteiger partial charge in [-0.2, -0.15) is 4.98 Å². The quantitative estimate of drug-likeness (QED) is 0.928. The van der Waals surface area contributed by atoms with Gasteiger partial charge in [-0.3, -0.25) is 0 Å². The first-order chi connectivity index (χ1) is 11.2. The summed E-state index contributed by atoms with van der Waals surface area (Å²) in [6, 6.07) is 8.08. The van der Waals surface area contributed by atoms with Crippen molar-refractivity contribution >= 4 is 11.8 Å². The van der Waals surface area contributed by atoms with Gasteiger partial charge in [0.1, 0.15) is 11.6 Å². The van der Waals surface area contributed by atoms with Gasteiger partial charge in [0, 0.05) is 31.3 Å². The summed E-state index contributed by atoms with van der Waals surface area (Å²) in [6.45, 7) is 4.09. The van der Waals surface area contributed by atoms with Crippen LogP contribution < -0.4 is 15.4 Å². The zero-order valence-electron chi connectivity index (χ0n) is 13.5. The number of benzene rings is 1. The molecule has 1 aliphatic rings. The average Bonchev–Trinajstić information content (AvgIpc) is 2.58. The van der Waals surface area contributed by atoms with Gasteiger partial charge in [-0.05, 0) is 24.6 Å². The van der Waals surface area contributed by atoms with E-state index in [1.165, 1.54) is 5.56 Å². The summed E-state index contributed by atoms with van der Waals surface area (Å²) >= 11 is 0. The molecule has 0 bridgehead atoms. The maximum atomic E-state index is 5.89. The number of nitrogens with zero attached hydrogens (tertiary/aromatic N) is 3. The largest absolute Gasteiger partial charge is 0.497 e. The first-order valence-corrected chi connectivity index (χ1v) is 7.74. The van der Waals surface area contributed by atoms with Gasteiger partial charge in [0.2, 0.25) is 5.95 Å². The molecule has 1 atom stereocenters. The number of aromatic nitrogens is 2. The van der Waals surface area contributed by atoms with Crippen LogP contribution >= 0.6 is 0 Å². The van der Waals surface area contributed by atoms with Gasteiger partial charge in [0.25, 0.3) is 0 Å². The van der Waals surface area contributed by atoms with Crippen molar-refractivity contribution in [1.29, 1.82) is 0 Å². The Balaban J connectivity index is 1.69. The molecular weight excluding hydrogens is 292 g/mol. The molecule has 0 aliphatic carbocycles. The Bertz CT molecular complexity index is 677. The maximum absolute atomic E-state index is 5.89. The molecular formula is C17H22N4O2. The van der Waals surface area contributed by atoms with E-state index >= 15 is 0 Å². The Morgan fingerprint density at radius 2 is 2.30 bits per heavy atom. The van der Waals surface area contributed by atoms with Crippen LogP contribution in [0.5, 0.6) is 5.75 Å². The number of rotatable bonds is 4. The lowest BCUT2D eigenvalue weighted by Gasteiger charge is -2.33.